The first-order chi connectivity index (χ1) is 8.69. The lowest BCUT2D eigenvalue weighted by Crippen LogP contribution is -2.28. The Labute approximate surface area is 113 Å². The Balaban J connectivity index is 2.09. The van der Waals surface area contributed by atoms with Gasteiger partial charge in [0.25, 0.3) is 0 Å². The molecule has 0 aliphatic carbocycles. The van der Waals surface area contributed by atoms with Crippen molar-refractivity contribution in [3.8, 4) is 0 Å². The van der Waals surface area contributed by atoms with Gasteiger partial charge in [0.15, 0.2) is 0 Å². The maximum Gasteiger partial charge on any atom is 0.137 e. The van der Waals surface area contributed by atoms with E-state index in [-0.39, 0.29) is 0 Å². The third kappa shape index (κ3) is 1.75. The lowest BCUT2D eigenvalue weighted by molar-refractivity contribution is -0.100. The molecule has 0 fully saturated rings. The predicted molar refractivity (Wildman–Crippen MR) is 69.9 cm³/mol. The summed E-state index contributed by atoms with van der Waals surface area (Å²) in [5, 5.41) is 5.98. The first-order valence-corrected chi connectivity index (χ1v) is 6.21. The SMILES string of the molecule is CON1Cn2c(Br)cnc2C=C1c1cnn(C)c1. The first kappa shape index (κ1) is 11.5. The number of aromatic nitrogens is 4. The summed E-state index contributed by atoms with van der Waals surface area (Å²) >= 11 is 3.46. The van der Waals surface area contributed by atoms with Gasteiger partial charge in [-0.3, -0.25) is 14.1 Å². The molecule has 0 atom stereocenters. The average molecular weight is 310 g/mol. The number of hydroxylamine groups is 2. The van der Waals surface area contributed by atoms with E-state index in [1.807, 2.05) is 30.1 Å². The molecule has 0 saturated carbocycles. The van der Waals surface area contributed by atoms with Crippen LogP contribution in [0.1, 0.15) is 11.4 Å². The molecule has 0 spiro atoms. The van der Waals surface area contributed by atoms with Crippen LogP contribution in [0.5, 0.6) is 0 Å². The van der Waals surface area contributed by atoms with Crippen molar-refractivity contribution in [1.29, 1.82) is 0 Å². The van der Waals surface area contributed by atoms with Crippen molar-refractivity contribution in [3.05, 3.63) is 34.6 Å². The van der Waals surface area contributed by atoms with Crippen LogP contribution in [0.25, 0.3) is 11.8 Å². The minimum absolute atomic E-state index is 0.590. The van der Waals surface area contributed by atoms with Crippen LogP contribution < -0.4 is 0 Å². The Morgan fingerprint density at radius 1 is 1.39 bits per heavy atom. The van der Waals surface area contributed by atoms with Gasteiger partial charge in [-0.25, -0.2) is 10.0 Å². The highest BCUT2D eigenvalue weighted by molar-refractivity contribution is 9.10. The van der Waals surface area contributed by atoms with Crippen molar-refractivity contribution in [2.75, 3.05) is 7.11 Å². The van der Waals surface area contributed by atoms with E-state index in [1.54, 1.807) is 23.1 Å². The molecule has 2 aromatic rings. The number of rotatable bonds is 2. The van der Waals surface area contributed by atoms with Crippen LogP contribution in [-0.2, 0) is 18.6 Å². The molecule has 0 N–H and O–H groups in total. The Morgan fingerprint density at radius 2 is 2.22 bits per heavy atom. The maximum absolute atomic E-state index is 5.41. The van der Waals surface area contributed by atoms with Crippen molar-refractivity contribution >= 4 is 27.7 Å². The molecule has 1 aliphatic rings. The molecule has 1 aliphatic heterocycles. The average Bonchev–Trinajstić information content (AvgIpc) is 2.95. The number of hydrogen-bond acceptors (Lipinski definition) is 4. The maximum atomic E-state index is 5.41. The summed E-state index contributed by atoms with van der Waals surface area (Å²) in [6, 6.07) is 0. The third-order valence-corrected chi connectivity index (χ3v) is 3.50. The monoisotopic (exact) mass is 309 g/mol. The molecule has 0 amide bonds. The molecule has 0 saturated heterocycles. The number of hydrogen-bond donors (Lipinski definition) is 0. The van der Waals surface area contributed by atoms with Gasteiger partial charge < -0.3 is 0 Å². The molecule has 0 radical (unpaired) electrons. The highest BCUT2D eigenvalue weighted by atomic mass is 79.9. The molecule has 7 heteroatoms. The molecule has 6 nitrogen and oxygen atoms in total. The topological polar surface area (TPSA) is 48.1 Å². The lowest BCUT2D eigenvalue weighted by Gasteiger charge is -2.28. The van der Waals surface area contributed by atoms with Crippen LogP contribution >= 0.6 is 15.9 Å². The molecule has 3 rings (SSSR count). The van der Waals surface area contributed by atoms with Gasteiger partial charge in [0, 0.05) is 24.9 Å². The second kappa shape index (κ2) is 4.25. The normalized spacial score (nSPS) is 14.6. The van der Waals surface area contributed by atoms with Crippen LogP contribution in [0.4, 0.5) is 0 Å². The zero-order valence-corrected chi connectivity index (χ0v) is 11.6. The largest absolute Gasteiger partial charge is 0.298 e. The molecule has 0 aromatic carbocycles. The van der Waals surface area contributed by atoms with Gasteiger partial charge in [0.1, 0.15) is 17.1 Å². The highest BCUT2D eigenvalue weighted by Gasteiger charge is 2.22. The fourth-order valence-corrected chi connectivity index (χ4v) is 2.36. The van der Waals surface area contributed by atoms with Crippen LogP contribution in [0.3, 0.4) is 0 Å². The van der Waals surface area contributed by atoms with Gasteiger partial charge in [-0.2, -0.15) is 5.10 Å². The highest BCUT2D eigenvalue weighted by Crippen LogP contribution is 2.28. The van der Waals surface area contributed by atoms with Gasteiger partial charge in [-0.1, -0.05) is 0 Å². The lowest BCUT2D eigenvalue weighted by atomic mass is 10.2. The zero-order chi connectivity index (χ0) is 12.7. The molecule has 0 bridgehead atoms. The van der Waals surface area contributed by atoms with Gasteiger partial charge in [-0.05, 0) is 15.9 Å². The quantitative estimate of drug-likeness (QED) is 0.847. The van der Waals surface area contributed by atoms with E-state index in [2.05, 4.69) is 26.0 Å². The smallest absolute Gasteiger partial charge is 0.137 e. The van der Waals surface area contributed by atoms with E-state index in [4.69, 9.17) is 4.84 Å². The van der Waals surface area contributed by atoms with E-state index < -0.39 is 0 Å². The van der Waals surface area contributed by atoms with E-state index in [0.717, 1.165) is 21.7 Å². The third-order valence-electron chi connectivity index (χ3n) is 2.86. The first-order valence-electron chi connectivity index (χ1n) is 5.42. The van der Waals surface area contributed by atoms with Gasteiger partial charge >= 0.3 is 0 Å². The molecule has 0 unspecified atom stereocenters. The summed E-state index contributed by atoms with van der Waals surface area (Å²) in [6.45, 7) is 0.590. The van der Waals surface area contributed by atoms with E-state index in [9.17, 15) is 0 Å². The standard InChI is InChI=1S/C11H12BrN5O/c1-15-6-8(4-14-15)9-3-11-13-5-10(12)16(11)7-17(9)18-2/h3-6H,7H2,1-2H3. The minimum Gasteiger partial charge on any atom is -0.298 e. The van der Waals surface area contributed by atoms with Crippen LogP contribution in [0, 0.1) is 0 Å². The number of aryl methyl sites for hydroxylation is 1. The molecule has 94 valence electrons. The molecule has 2 aromatic heterocycles. The van der Waals surface area contributed by atoms with Crippen molar-refractivity contribution in [1.82, 2.24) is 24.4 Å². The van der Waals surface area contributed by atoms with E-state index in [1.165, 1.54) is 0 Å². The van der Waals surface area contributed by atoms with Crippen LogP contribution in [-0.4, -0.2) is 31.5 Å². The molecular weight excluding hydrogens is 298 g/mol. The second-order valence-electron chi connectivity index (χ2n) is 4.00. The number of halogens is 1. The predicted octanol–water partition coefficient (Wildman–Crippen LogP) is 1.71. The Morgan fingerprint density at radius 3 is 2.89 bits per heavy atom. The van der Waals surface area contributed by atoms with Gasteiger partial charge in [0.05, 0.1) is 25.2 Å². The number of fused-ring (bicyclic) bond motifs is 1. The zero-order valence-electron chi connectivity index (χ0n) is 10.0. The minimum atomic E-state index is 0.590. The summed E-state index contributed by atoms with van der Waals surface area (Å²) in [5.74, 6) is 0.897. The Hall–Kier alpha value is -1.60. The molecule has 18 heavy (non-hydrogen) atoms. The van der Waals surface area contributed by atoms with Gasteiger partial charge in [0.2, 0.25) is 0 Å². The van der Waals surface area contributed by atoms with Crippen molar-refractivity contribution in [3.63, 3.8) is 0 Å². The summed E-state index contributed by atoms with van der Waals surface area (Å²) in [6.07, 6.45) is 7.53. The Bertz CT molecular complexity index is 615. The molecular formula is C11H12BrN5O. The number of imidazole rings is 1. The van der Waals surface area contributed by atoms with Crippen LogP contribution in [0.2, 0.25) is 0 Å². The summed E-state index contributed by atoms with van der Waals surface area (Å²) in [4.78, 5) is 9.75. The van der Waals surface area contributed by atoms with Crippen molar-refractivity contribution < 1.29 is 4.84 Å². The molecule has 3 heterocycles. The fourth-order valence-electron chi connectivity index (χ4n) is 1.96. The fraction of sp³-hybridized carbons (Fsp3) is 0.273. The summed E-state index contributed by atoms with van der Waals surface area (Å²) in [5.41, 5.74) is 1.96. The van der Waals surface area contributed by atoms with E-state index in [0.29, 0.717) is 6.67 Å². The van der Waals surface area contributed by atoms with Gasteiger partial charge in [-0.15, -0.1) is 0 Å². The van der Waals surface area contributed by atoms with Crippen molar-refractivity contribution in [2.24, 2.45) is 7.05 Å². The summed E-state index contributed by atoms with van der Waals surface area (Å²) < 4.78 is 4.71. The number of nitrogens with zero attached hydrogens (tertiary/aromatic N) is 5. The van der Waals surface area contributed by atoms with Crippen molar-refractivity contribution in [2.45, 2.75) is 6.67 Å². The van der Waals surface area contributed by atoms with Crippen LogP contribution in [0.15, 0.2) is 23.2 Å². The second-order valence-corrected chi connectivity index (χ2v) is 4.81. The van der Waals surface area contributed by atoms with E-state index >= 15 is 0 Å². The Kier molecular flexibility index (Phi) is 2.71. The summed E-state index contributed by atoms with van der Waals surface area (Å²) in [7, 11) is 3.54.